The third-order valence-corrected chi connectivity index (χ3v) is 8.89. The molecule has 8 nitrogen and oxygen atoms in total. The van der Waals surface area contributed by atoms with E-state index in [1.54, 1.807) is 12.1 Å². The fourth-order valence-corrected chi connectivity index (χ4v) is 6.96. The van der Waals surface area contributed by atoms with Crippen molar-refractivity contribution < 1.29 is 34.4 Å². The van der Waals surface area contributed by atoms with E-state index >= 15 is 0 Å². The fourth-order valence-electron chi connectivity index (χ4n) is 6.96. The zero-order valence-corrected chi connectivity index (χ0v) is 22.7. The normalized spacial score (nSPS) is 25.1. The third kappa shape index (κ3) is 5.59. The molecular weight excluding hydrogens is 510 g/mol. The zero-order valence-electron chi connectivity index (χ0n) is 22.7. The smallest absolute Gasteiger partial charge is 0.234 e. The van der Waals surface area contributed by atoms with Gasteiger partial charge in [-0.25, -0.2) is 0 Å². The highest BCUT2D eigenvalue weighted by Gasteiger charge is 2.56. The number of amides is 2. The lowest BCUT2D eigenvalue weighted by Crippen LogP contribution is -2.42. The number of nitrogens with zero attached hydrogens (tertiary/aromatic N) is 1. The van der Waals surface area contributed by atoms with Gasteiger partial charge in [0.1, 0.15) is 18.1 Å². The second kappa shape index (κ2) is 12.6. The van der Waals surface area contributed by atoms with Crippen molar-refractivity contribution in [1.82, 2.24) is 4.90 Å². The molecule has 8 heteroatoms. The van der Waals surface area contributed by atoms with Gasteiger partial charge in [-0.05, 0) is 72.6 Å². The molecule has 40 heavy (non-hydrogen) atoms. The third-order valence-electron chi connectivity index (χ3n) is 8.89. The highest BCUT2D eigenvalue weighted by atomic mass is 16.4. The Morgan fingerprint density at radius 3 is 2.38 bits per heavy atom. The van der Waals surface area contributed by atoms with Gasteiger partial charge < -0.3 is 24.8 Å². The molecule has 1 aromatic carbocycles. The summed E-state index contributed by atoms with van der Waals surface area (Å²) in [6, 6.07) is 13.1. The van der Waals surface area contributed by atoms with Crippen LogP contribution in [0.4, 0.5) is 0 Å². The highest BCUT2D eigenvalue weighted by Crippen LogP contribution is 2.47. The van der Waals surface area contributed by atoms with Gasteiger partial charge in [0.2, 0.25) is 11.8 Å². The molecule has 2 amide bonds. The summed E-state index contributed by atoms with van der Waals surface area (Å²) in [7, 11) is 0. The SMILES string of the molecule is O=C1[C@@H]2[C@@H](CC(CO)=C([C@H](O)CC/C(=C/c3ccc(CO)o3)c3ccccc3)[C@@H]2CO)C(=O)N1C1CCCCC1. The van der Waals surface area contributed by atoms with Crippen LogP contribution >= 0.6 is 0 Å². The van der Waals surface area contributed by atoms with Crippen molar-refractivity contribution >= 4 is 23.5 Å². The summed E-state index contributed by atoms with van der Waals surface area (Å²) >= 11 is 0. The standard InChI is InChI=1S/C32H39NO7/c34-17-22-16-26-30(32(39)33(31(26)38)23-9-5-2-6-10-23)27(19-36)29(22)28(37)14-11-21(20-7-3-1-4-8-20)15-24-12-13-25(18-35)40-24/h1,3-4,7-8,12-13,15,23,26-28,30,34-37H,2,5-6,9-11,14,16-19H2/b21-15-/t26-,27+,28-,30-/m1/s1. The Kier molecular flexibility index (Phi) is 9.00. The minimum absolute atomic E-state index is 0.101. The number of hydrogen-bond donors (Lipinski definition) is 4. The highest BCUT2D eigenvalue weighted by molar-refractivity contribution is 6.06. The number of aliphatic hydroxyl groups excluding tert-OH is 4. The molecule has 1 saturated heterocycles. The fraction of sp³-hybridized carbons (Fsp3) is 0.500. The lowest BCUT2D eigenvalue weighted by atomic mass is 9.68. The molecule has 1 saturated carbocycles. The van der Waals surface area contributed by atoms with Crippen molar-refractivity contribution in [2.24, 2.45) is 17.8 Å². The van der Waals surface area contributed by atoms with Crippen molar-refractivity contribution in [3.63, 3.8) is 0 Å². The van der Waals surface area contributed by atoms with Gasteiger partial charge in [0.05, 0.1) is 31.2 Å². The number of allylic oxidation sites excluding steroid dienone is 1. The van der Waals surface area contributed by atoms with E-state index in [4.69, 9.17) is 4.42 Å². The topological polar surface area (TPSA) is 131 Å². The molecule has 0 spiro atoms. The van der Waals surface area contributed by atoms with Crippen LogP contribution in [0.25, 0.3) is 11.6 Å². The van der Waals surface area contributed by atoms with Crippen LogP contribution in [-0.4, -0.2) is 62.5 Å². The zero-order chi connectivity index (χ0) is 28.2. The number of benzene rings is 1. The summed E-state index contributed by atoms with van der Waals surface area (Å²) in [5.74, 6) is -1.45. The molecule has 5 rings (SSSR count). The molecule has 2 aromatic rings. The second-order valence-electron chi connectivity index (χ2n) is 11.2. The summed E-state index contributed by atoms with van der Waals surface area (Å²) in [6.07, 6.45) is 6.52. The van der Waals surface area contributed by atoms with Crippen LogP contribution in [0.2, 0.25) is 0 Å². The van der Waals surface area contributed by atoms with Gasteiger partial charge in [-0.15, -0.1) is 0 Å². The molecule has 1 aliphatic heterocycles. The molecule has 0 unspecified atom stereocenters. The molecule has 2 fully saturated rings. The van der Waals surface area contributed by atoms with Crippen LogP contribution in [0.5, 0.6) is 0 Å². The summed E-state index contributed by atoms with van der Waals surface area (Å²) < 4.78 is 5.67. The number of fused-ring (bicyclic) bond motifs is 1. The van der Waals surface area contributed by atoms with Crippen LogP contribution in [0.15, 0.2) is 58.0 Å². The molecule has 1 aromatic heterocycles. The number of hydrogen-bond acceptors (Lipinski definition) is 7. The Balaban J connectivity index is 1.39. The molecule has 3 aliphatic rings. The molecule has 2 aliphatic carbocycles. The maximum absolute atomic E-state index is 13.7. The first kappa shape index (κ1) is 28.5. The van der Waals surface area contributed by atoms with Crippen LogP contribution < -0.4 is 0 Å². The maximum atomic E-state index is 13.7. The van der Waals surface area contributed by atoms with E-state index in [1.165, 1.54) is 4.90 Å². The van der Waals surface area contributed by atoms with Crippen molar-refractivity contribution in [2.75, 3.05) is 13.2 Å². The number of carbonyl (C=O) groups is 2. The number of furan rings is 1. The van der Waals surface area contributed by atoms with E-state index in [2.05, 4.69) is 0 Å². The van der Waals surface area contributed by atoms with Crippen LogP contribution in [-0.2, 0) is 16.2 Å². The Morgan fingerprint density at radius 2 is 1.73 bits per heavy atom. The van der Waals surface area contributed by atoms with E-state index in [0.717, 1.165) is 43.2 Å². The number of likely N-dealkylation sites (tertiary alicyclic amines) is 1. The lowest BCUT2D eigenvalue weighted by Gasteiger charge is -2.36. The predicted molar refractivity (Wildman–Crippen MR) is 149 cm³/mol. The minimum atomic E-state index is -1.01. The molecule has 0 radical (unpaired) electrons. The molecule has 2 heterocycles. The van der Waals surface area contributed by atoms with Gasteiger partial charge in [0, 0.05) is 12.0 Å². The van der Waals surface area contributed by atoms with Crippen molar-refractivity contribution in [2.45, 2.75) is 70.1 Å². The van der Waals surface area contributed by atoms with Gasteiger partial charge in [0.15, 0.2) is 0 Å². The number of carbonyl (C=O) groups excluding carboxylic acids is 2. The Morgan fingerprint density at radius 1 is 0.975 bits per heavy atom. The lowest BCUT2D eigenvalue weighted by molar-refractivity contribution is -0.143. The van der Waals surface area contributed by atoms with Gasteiger partial charge in [-0.1, -0.05) is 49.6 Å². The first-order valence-electron chi connectivity index (χ1n) is 14.4. The van der Waals surface area contributed by atoms with Gasteiger partial charge in [-0.2, -0.15) is 0 Å². The first-order chi connectivity index (χ1) is 19.5. The average molecular weight is 550 g/mol. The van der Waals surface area contributed by atoms with Crippen molar-refractivity contribution in [3.8, 4) is 0 Å². The summed E-state index contributed by atoms with van der Waals surface area (Å²) in [5.41, 5.74) is 2.90. The molecule has 0 bridgehead atoms. The summed E-state index contributed by atoms with van der Waals surface area (Å²) in [4.78, 5) is 28.5. The molecular formula is C32H39NO7. The largest absolute Gasteiger partial charge is 0.459 e. The number of imide groups is 1. The Bertz CT molecular complexity index is 1260. The predicted octanol–water partition coefficient (Wildman–Crippen LogP) is 3.69. The molecule has 4 atom stereocenters. The van der Waals surface area contributed by atoms with Gasteiger partial charge >= 0.3 is 0 Å². The van der Waals surface area contributed by atoms with Crippen LogP contribution in [0.1, 0.15) is 68.5 Å². The Hall–Kier alpha value is -3.04. The quantitative estimate of drug-likeness (QED) is 0.263. The van der Waals surface area contributed by atoms with Crippen molar-refractivity contribution in [3.05, 3.63) is 70.7 Å². The summed E-state index contributed by atoms with van der Waals surface area (Å²) in [5, 5.41) is 41.6. The van der Waals surface area contributed by atoms with Crippen LogP contribution in [0, 0.1) is 17.8 Å². The van der Waals surface area contributed by atoms with Gasteiger partial charge in [-0.3, -0.25) is 14.5 Å². The Labute approximate surface area is 234 Å². The van der Waals surface area contributed by atoms with Crippen molar-refractivity contribution in [1.29, 1.82) is 0 Å². The van der Waals surface area contributed by atoms with E-state index in [-0.39, 0.29) is 50.5 Å². The summed E-state index contributed by atoms with van der Waals surface area (Å²) in [6.45, 7) is -0.920. The average Bonchev–Trinajstić information content (AvgIpc) is 3.56. The number of rotatable bonds is 10. The maximum Gasteiger partial charge on any atom is 0.234 e. The van der Waals surface area contributed by atoms with E-state index < -0.39 is 23.9 Å². The monoisotopic (exact) mass is 549 g/mol. The number of aliphatic hydroxyl groups is 4. The second-order valence-corrected chi connectivity index (χ2v) is 11.2. The van der Waals surface area contributed by atoms with E-state index in [9.17, 15) is 30.0 Å². The van der Waals surface area contributed by atoms with Crippen LogP contribution in [0.3, 0.4) is 0 Å². The molecule has 214 valence electrons. The van der Waals surface area contributed by atoms with E-state index in [1.807, 2.05) is 36.4 Å². The van der Waals surface area contributed by atoms with Gasteiger partial charge in [0.25, 0.3) is 0 Å². The first-order valence-corrected chi connectivity index (χ1v) is 14.4. The minimum Gasteiger partial charge on any atom is -0.459 e. The molecule has 4 N–H and O–H groups in total. The van der Waals surface area contributed by atoms with E-state index in [0.29, 0.717) is 29.1 Å².